The lowest BCUT2D eigenvalue weighted by Crippen LogP contribution is -2.34. The minimum Gasteiger partial charge on any atom is -0.467 e. The summed E-state index contributed by atoms with van der Waals surface area (Å²) >= 11 is 0. The first-order valence-corrected chi connectivity index (χ1v) is 9.71. The van der Waals surface area contributed by atoms with E-state index in [9.17, 15) is 4.79 Å². The molecule has 1 unspecified atom stereocenters. The Kier molecular flexibility index (Phi) is 4.90. The van der Waals surface area contributed by atoms with Gasteiger partial charge in [-0.25, -0.2) is 4.68 Å². The minimum absolute atomic E-state index is 0.0117. The third kappa shape index (κ3) is 3.52. The van der Waals surface area contributed by atoms with Gasteiger partial charge < -0.3 is 9.32 Å². The highest BCUT2D eigenvalue weighted by Gasteiger charge is 2.36. The van der Waals surface area contributed by atoms with Crippen LogP contribution in [-0.4, -0.2) is 26.6 Å². The molecule has 5 nitrogen and oxygen atoms in total. The molecule has 0 radical (unpaired) electrons. The van der Waals surface area contributed by atoms with Gasteiger partial charge in [0.1, 0.15) is 5.76 Å². The highest BCUT2D eigenvalue weighted by Crippen LogP contribution is 2.35. The van der Waals surface area contributed by atoms with Crippen molar-refractivity contribution in [3.8, 4) is 5.69 Å². The van der Waals surface area contributed by atoms with Crippen molar-refractivity contribution in [2.75, 3.05) is 0 Å². The van der Waals surface area contributed by atoms with Crippen molar-refractivity contribution in [3.05, 3.63) is 77.5 Å². The van der Waals surface area contributed by atoms with Crippen molar-refractivity contribution >= 4 is 12.0 Å². The quantitative estimate of drug-likeness (QED) is 0.579. The Bertz CT molecular complexity index is 983. The number of aromatic nitrogens is 2. The van der Waals surface area contributed by atoms with Gasteiger partial charge in [-0.1, -0.05) is 18.2 Å². The topological polar surface area (TPSA) is 51.3 Å². The molecule has 1 amide bonds. The standard InChI is InChI=1S/C23H25N3O2/c1-16-21(17(2)26(24-16)20-8-5-4-6-9-20)13-14-23(27)25(19-11-12-19)18(3)22-10-7-15-28-22/h4-10,13-15,18-19H,11-12H2,1-3H3/b14-13+. The maximum Gasteiger partial charge on any atom is 0.247 e. The normalized spacial score (nSPS) is 15.1. The highest BCUT2D eigenvalue weighted by atomic mass is 16.3. The molecule has 1 fully saturated rings. The summed E-state index contributed by atoms with van der Waals surface area (Å²) in [5.74, 6) is 0.829. The number of furan rings is 1. The number of aryl methyl sites for hydroxylation is 1. The van der Waals surface area contributed by atoms with Gasteiger partial charge in [0.2, 0.25) is 5.91 Å². The fraction of sp³-hybridized carbons (Fsp3) is 0.304. The van der Waals surface area contributed by atoms with Gasteiger partial charge in [-0.3, -0.25) is 4.79 Å². The van der Waals surface area contributed by atoms with Crippen LogP contribution in [0.3, 0.4) is 0 Å². The molecule has 1 atom stereocenters. The number of carbonyl (C=O) groups is 1. The summed E-state index contributed by atoms with van der Waals surface area (Å²) in [5, 5.41) is 4.65. The van der Waals surface area contributed by atoms with E-state index in [0.717, 1.165) is 41.2 Å². The summed E-state index contributed by atoms with van der Waals surface area (Å²) in [6, 6.07) is 14.0. The largest absolute Gasteiger partial charge is 0.467 e. The first kappa shape index (κ1) is 18.3. The van der Waals surface area contributed by atoms with Crippen molar-refractivity contribution < 1.29 is 9.21 Å². The Morgan fingerprint density at radius 1 is 1.21 bits per heavy atom. The van der Waals surface area contributed by atoms with E-state index in [2.05, 4.69) is 5.10 Å². The van der Waals surface area contributed by atoms with Gasteiger partial charge in [0.15, 0.2) is 0 Å². The van der Waals surface area contributed by atoms with Crippen LogP contribution in [0.15, 0.2) is 59.2 Å². The summed E-state index contributed by atoms with van der Waals surface area (Å²) in [4.78, 5) is 14.9. The molecule has 0 N–H and O–H groups in total. The van der Waals surface area contributed by atoms with Crippen LogP contribution in [0.5, 0.6) is 0 Å². The average molecular weight is 375 g/mol. The van der Waals surface area contributed by atoms with Crippen LogP contribution in [0.25, 0.3) is 11.8 Å². The Morgan fingerprint density at radius 3 is 2.61 bits per heavy atom. The van der Waals surface area contributed by atoms with Crippen LogP contribution in [0.2, 0.25) is 0 Å². The molecule has 144 valence electrons. The van der Waals surface area contributed by atoms with E-state index in [-0.39, 0.29) is 11.9 Å². The smallest absolute Gasteiger partial charge is 0.247 e. The van der Waals surface area contributed by atoms with Gasteiger partial charge in [-0.15, -0.1) is 0 Å². The van der Waals surface area contributed by atoms with E-state index in [1.807, 2.05) is 78.9 Å². The fourth-order valence-corrected chi connectivity index (χ4v) is 3.66. The number of nitrogens with zero attached hydrogens (tertiary/aromatic N) is 3. The Morgan fingerprint density at radius 2 is 1.96 bits per heavy atom. The first-order valence-electron chi connectivity index (χ1n) is 9.71. The summed E-state index contributed by atoms with van der Waals surface area (Å²) in [7, 11) is 0. The molecule has 2 aromatic heterocycles. The van der Waals surface area contributed by atoms with Crippen LogP contribution in [-0.2, 0) is 4.79 Å². The summed E-state index contributed by atoms with van der Waals surface area (Å²) in [6.45, 7) is 6.02. The molecule has 0 spiro atoms. The molecule has 4 rings (SSSR count). The Hall–Kier alpha value is -3.08. The monoisotopic (exact) mass is 375 g/mol. The number of para-hydroxylation sites is 1. The van der Waals surface area contributed by atoms with Crippen LogP contribution in [0.1, 0.15) is 48.5 Å². The van der Waals surface area contributed by atoms with E-state index in [1.54, 1.807) is 12.3 Å². The van der Waals surface area contributed by atoms with Gasteiger partial charge in [0, 0.05) is 23.4 Å². The van der Waals surface area contributed by atoms with E-state index in [1.165, 1.54) is 0 Å². The number of hydrogen-bond acceptors (Lipinski definition) is 3. The molecule has 1 aromatic carbocycles. The summed E-state index contributed by atoms with van der Waals surface area (Å²) < 4.78 is 7.45. The maximum atomic E-state index is 13.0. The summed E-state index contributed by atoms with van der Waals surface area (Å²) in [5.41, 5.74) is 3.92. The molecule has 2 heterocycles. The predicted molar refractivity (Wildman–Crippen MR) is 109 cm³/mol. The van der Waals surface area contributed by atoms with E-state index < -0.39 is 0 Å². The fourth-order valence-electron chi connectivity index (χ4n) is 3.66. The molecule has 1 aliphatic carbocycles. The molecule has 28 heavy (non-hydrogen) atoms. The Labute approximate surface area is 165 Å². The summed E-state index contributed by atoms with van der Waals surface area (Å²) in [6.07, 6.45) is 7.32. The second kappa shape index (κ2) is 7.50. The average Bonchev–Trinajstić information content (AvgIpc) is 3.28. The third-order valence-corrected chi connectivity index (χ3v) is 5.31. The van der Waals surface area contributed by atoms with Gasteiger partial charge in [-0.2, -0.15) is 5.10 Å². The van der Waals surface area contributed by atoms with Crippen LogP contribution >= 0.6 is 0 Å². The van der Waals surface area contributed by atoms with Crippen LogP contribution in [0.4, 0.5) is 0 Å². The van der Waals surface area contributed by atoms with Crippen molar-refractivity contribution in [2.24, 2.45) is 0 Å². The molecular weight excluding hydrogens is 350 g/mol. The SMILES string of the molecule is Cc1nn(-c2ccccc2)c(C)c1/C=C/C(=O)N(C1CC1)C(C)c1ccco1. The second-order valence-corrected chi connectivity index (χ2v) is 7.33. The van der Waals surface area contributed by atoms with E-state index in [0.29, 0.717) is 6.04 Å². The number of carbonyl (C=O) groups excluding carboxylic acids is 1. The molecule has 0 saturated heterocycles. The molecule has 0 aliphatic heterocycles. The lowest BCUT2D eigenvalue weighted by molar-refractivity contribution is -0.129. The molecule has 1 aliphatic rings. The van der Waals surface area contributed by atoms with Crippen molar-refractivity contribution in [1.82, 2.24) is 14.7 Å². The zero-order chi connectivity index (χ0) is 19.7. The Balaban J connectivity index is 1.58. The number of hydrogen-bond donors (Lipinski definition) is 0. The zero-order valence-corrected chi connectivity index (χ0v) is 16.5. The third-order valence-electron chi connectivity index (χ3n) is 5.31. The van der Waals surface area contributed by atoms with Crippen LogP contribution in [0, 0.1) is 13.8 Å². The van der Waals surface area contributed by atoms with Crippen molar-refractivity contribution in [1.29, 1.82) is 0 Å². The first-order chi connectivity index (χ1) is 13.6. The van der Waals surface area contributed by atoms with Gasteiger partial charge in [-0.05, 0) is 64.0 Å². The molecule has 3 aromatic rings. The molecule has 1 saturated carbocycles. The minimum atomic E-state index is -0.0751. The lowest BCUT2D eigenvalue weighted by atomic mass is 10.1. The lowest BCUT2D eigenvalue weighted by Gasteiger charge is -2.26. The van der Waals surface area contributed by atoms with E-state index >= 15 is 0 Å². The van der Waals surface area contributed by atoms with Gasteiger partial charge >= 0.3 is 0 Å². The molecular formula is C23H25N3O2. The van der Waals surface area contributed by atoms with Crippen LogP contribution < -0.4 is 0 Å². The number of amides is 1. The molecule has 0 bridgehead atoms. The second-order valence-electron chi connectivity index (χ2n) is 7.33. The predicted octanol–water partition coefficient (Wildman–Crippen LogP) is 4.85. The van der Waals surface area contributed by atoms with Crippen molar-refractivity contribution in [2.45, 2.75) is 45.7 Å². The molecule has 5 heteroatoms. The number of benzene rings is 1. The number of rotatable bonds is 6. The van der Waals surface area contributed by atoms with Crippen molar-refractivity contribution in [3.63, 3.8) is 0 Å². The van der Waals surface area contributed by atoms with E-state index in [4.69, 9.17) is 4.42 Å². The highest BCUT2D eigenvalue weighted by molar-refractivity contribution is 5.92. The maximum absolute atomic E-state index is 13.0. The van der Waals surface area contributed by atoms with Gasteiger partial charge in [0.05, 0.1) is 23.7 Å². The zero-order valence-electron chi connectivity index (χ0n) is 16.5. The van der Waals surface area contributed by atoms with Gasteiger partial charge in [0.25, 0.3) is 0 Å².